The van der Waals surface area contributed by atoms with Gasteiger partial charge in [-0.05, 0) is 216 Å². The lowest BCUT2D eigenvalue weighted by molar-refractivity contribution is 0.661. The van der Waals surface area contributed by atoms with Gasteiger partial charge in [0.15, 0.2) is 0 Å². The maximum Gasteiger partial charge on any atom is 0.114 e. The second-order valence-corrected chi connectivity index (χ2v) is 25.7. The van der Waals surface area contributed by atoms with E-state index >= 15 is 0 Å². The first kappa shape index (κ1) is 41.7. The highest BCUT2D eigenvalue weighted by molar-refractivity contribution is 7.04. The second kappa shape index (κ2) is 14.8. The fourth-order valence-electron chi connectivity index (χ4n) is 13.2. The quantitative estimate of drug-likeness (QED) is 0.153. The number of rotatable bonds is 6. The standard InChI is InChI=1S/C66H56N2Si/c1-41-33-53-54-40-59-61(56-37-44-30-32-51(34-45(44)38-57(56)65(59,3)4)67(47-21-13-9-14-22-47)48-23-15-10-16-24-48)42(2)63(54)69(7,8)64(53)62-60(41)55-36-43-29-31-52(35-46(43)39-58(55)66(62,5)6)68(49-25-17-11-18-26-49)50-27-19-12-20-28-50/h9-40H,1-8H3. The molecule has 0 aromatic heterocycles. The van der Waals surface area contributed by atoms with Crippen LogP contribution in [0.3, 0.4) is 0 Å². The van der Waals surface area contributed by atoms with Crippen LogP contribution in [-0.2, 0) is 10.8 Å². The van der Waals surface area contributed by atoms with E-state index in [-0.39, 0.29) is 10.8 Å². The van der Waals surface area contributed by atoms with Gasteiger partial charge in [0.2, 0.25) is 0 Å². The number of anilines is 6. The van der Waals surface area contributed by atoms with Crippen LogP contribution in [0, 0.1) is 13.8 Å². The van der Waals surface area contributed by atoms with E-state index in [0.29, 0.717) is 0 Å². The van der Waals surface area contributed by atoms with E-state index in [1.54, 1.807) is 15.9 Å². The van der Waals surface area contributed by atoms with Crippen molar-refractivity contribution in [3.8, 4) is 33.4 Å². The molecule has 0 N–H and O–H groups in total. The van der Waals surface area contributed by atoms with Crippen molar-refractivity contribution in [2.45, 2.75) is 65.5 Å². The van der Waals surface area contributed by atoms with Crippen molar-refractivity contribution in [2.24, 2.45) is 0 Å². The predicted molar refractivity (Wildman–Crippen MR) is 298 cm³/mol. The van der Waals surface area contributed by atoms with Crippen molar-refractivity contribution in [2.75, 3.05) is 9.80 Å². The van der Waals surface area contributed by atoms with Crippen LogP contribution in [0.5, 0.6) is 0 Å². The van der Waals surface area contributed by atoms with Crippen LogP contribution in [-0.4, -0.2) is 8.07 Å². The molecule has 0 bridgehead atoms. The van der Waals surface area contributed by atoms with E-state index in [1.807, 2.05) is 0 Å². The van der Waals surface area contributed by atoms with Crippen LogP contribution in [0.1, 0.15) is 61.1 Å². The van der Waals surface area contributed by atoms with Crippen LogP contribution in [0.2, 0.25) is 13.1 Å². The summed E-state index contributed by atoms with van der Waals surface area (Å²) in [5.74, 6) is 0. The van der Waals surface area contributed by atoms with E-state index in [2.05, 4.69) is 259 Å². The van der Waals surface area contributed by atoms with Gasteiger partial charge in [-0.25, -0.2) is 0 Å². The van der Waals surface area contributed by atoms with E-state index < -0.39 is 8.07 Å². The molecule has 3 heteroatoms. The highest BCUT2D eigenvalue weighted by Gasteiger charge is 2.50. The molecule has 0 spiro atoms. The second-order valence-electron chi connectivity index (χ2n) is 21.5. The van der Waals surface area contributed by atoms with Gasteiger partial charge in [0.05, 0.1) is 0 Å². The number of para-hydroxylation sites is 4. The van der Waals surface area contributed by atoms with Gasteiger partial charge in [-0.3, -0.25) is 0 Å². The van der Waals surface area contributed by atoms with Gasteiger partial charge in [-0.1, -0.05) is 132 Å². The number of hydrogen-bond donors (Lipinski definition) is 0. The first-order chi connectivity index (χ1) is 33.3. The average Bonchev–Trinajstić information content (AvgIpc) is 3.83. The third-order valence-electron chi connectivity index (χ3n) is 16.3. The fraction of sp³-hybridized carbons (Fsp3) is 0.152. The first-order valence-corrected chi connectivity index (χ1v) is 27.7. The molecule has 334 valence electrons. The molecule has 3 aliphatic rings. The van der Waals surface area contributed by atoms with Crippen molar-refractivity contribution in [3.05, 3.63) is 228 Å². The Morgan fingerprint density at radius 3 is 1.23 bits per heavy atom. The molecule has 0 amide bonds. The van der Waals surface area contributed by atoms with Crippen molar-refractivity contribution in [1.82, 2.24) is 0 Å². The Labute approximate surface area is 408 Å². The summed E-state index contributed by atoms with van der Waals surface area (Å²) in [6.07, 6.45) is 0. The number of hydrogen-bond acceptors (Lipinski definition) is 2. The van der Waals surface area contributed by atoms with Crippen LogP contribution in [0.4, 0.5) is 34.1 Å². The molecule has 0 saturated carbocycles. The zero-order valence-corrected chi connectivity index (χ0v) is 41.9. The minimum atomic E-state index is -2.25. The van der Waals surface area contributed by atoms with E-state index in [4.69, 9.17) is 0 Å². The van der Waals surface area contributed by atoms with Gasteiger partial charge in [0.25, 0.3) is 0 Å². The van der Waals surface area contributed by atoms with Crippen molar-refractivity contribution < 1.29 is 0 Å². The van der Waals surface area contributed by atoms with Crippen LogP contribution in [0.15, 0.2) is 194 Å². The smallest absolute Gasteiger partial charge is 0.114 e. The number of fused-ring (bicyclic) bond motifs is 12. The van der Waals surface area contributed by atoms with E-state index in [1.165, 1.54) is 82.7 Å². The predicted octanol–water partition coefficient (Wildman–Crippen LogP) is 17.0. The van der Waals surface area contributed by atoms with Gasteiger partial charge in [0, 0.05) is 45.0 Å². The van der Waals surface area contributed by atoms with Crippen molar-refractivity contribution in [3.63, 3.8) is 0 Å². The fourth-order valence-corrected chi connectivity index (χ4v) is 17.4. The molecule has 0 radical (unpaired) electrons. The summed E-state index contributed by atoms with van der Waals surface area (Å²) < 4.78 is 0. The Balaban J connectivity index is 0.927. The minimum Gasteiger partial charge on any atom is -0.310 e. The number of aryl methyl sites for hydroxylation is 1. The summed E-state index contributed by atoms with van der Waals surface area (Å²) in [6.45, 7) is 20.0. The van der Waals surface area contributed by atoms with Crippen LogP contribution >= 0.6 is 0 Å². The lowest BCUT2D eigenvalue weighted by Crippen LogP contribution is -2.53. The molecule has 2 nitrogen and oxygen atoms in total. The molecule has 0 unspecified atom stereocenters. The molecule has 69 heavy (non-hydrogen) atoms. The summed E-state index contributed by atoms with van der Waals surface area (Å²) in [6, 6.07) is 72.3. The molecule has 0 saturated heterocycles. The summed E-state index contributed by atoms with van der Waals surface area (Å²) in [5.41, 5.74) is 24.0. The SMILES string of the molecule is Cc1cc2c(c3c1-c1cc4ccc(N(c5ccccc5)c5ccccc5)cc4cc1C3(C)C)[Si](C)(C)c1c-2cc2c(c1C)-c1cc3ccc(N(c4ccccc4)c4ccccc4)cc3cc1C2(C)C. The zero-order chi connectivity index (χ0) is 47.1. The molecule has 10 aromatic rings. The maximum absolute atomic E-state index is 2.64. The summed E-state index contributed by atoms with van der Waals surface area (Å²) in [4.78, 5) is 4.74. The number of nitrogens with zero attached hydrogens (tertiary/aromatic N) is 2. The van der Waals surface area contributed by atoms with Gasteiger partial charge in [0.1, 0.15) is 8.07 Å². The maximum atomic E-state index is 2.64. The Morgan fingerprint density at radius 2 is 0.768 bits per heavy atom. The van der Waals surface area contributed by atoms with Gasteiger partial charge in [-0.15, -0.1) is 0 Å². The molecule has 1 heterocycles. The molecule has 0 fully saturated rings. The third-order valence-corrected chi connectivity index (χ3v) is 20.0. The molecule has 1 aliphatic heterocycles. The summed E-state index contributed by atoms with van der Waals surface area (Å²) in [7, 11) is -2.25. The molecule has 2 aliphatic carbocycles. The minimum absolute atomic E-state index is 0.168. The van der Waals surface area contributed by atoms with Gasteiger partial charge in [-0.2, -0.15) is 0 Å². The van der Waals surface area contributed by atoms with Crippen LogP contribution < -0.4 is 20.2 Å². The Morgan fingerprint density at radius 1 is 0.348 bits per heavy atom. The molecular formula is C66H56N2Si. The molecule has 0 atom stereocenters. The normalized spacial score (nSPS) is 15.0. The Kier molecular flexibility index (Phi) is 8.93. The Hall–Kier alpha value is -7.46. The molecular weight excluding hydrogens is 849 g/mol. The van der Waals surface area contributed by atoms with Crippen molar-refractivity contribution >= 4 is 74.1 Å². The largest absolute Gasteiger partial charge is 0.310 e. The third kappa shape index (κ3) is 5.96. The lowest BCUT2D eigenvalue weighted by Gasteiger charge is -2.31. The molecule has 10 aromatic carbocycles. The van der Waals surface area contributed by atoms with Crippen molar-refractivity contribution in [1.29, 1.82) is 0 Å². The number of benzene rings is 10. The highest BCUT2D eigenvalue weighted by Crippen LogP contribution is 2.57. The summed E-state index contributed by atoms with van der Waals surface area (Å²) in [5, 5.41) is 8.37. The first-order valence-electron chi connectivity index (χ1n) is 24.7. The monoisotopic (exact) mass is 904 g/mol. The van der Waals surface area contributed by atoms with E-state index in [0.717, 1.165) is 34.1 Å². The van der Waals surface area contributed by atoms with Gasteiger partial charge >= 0.3 is 0 Å². The summed E-state index contributed by atoms with van der Waals surface area (Å²) >= 11 is 0. The zero-order valence-electron chi connectivity index (χ0n) is 40.9. The van der Waals surface area contributed by atoms with E-state index in [9.17, 15) is 0 Å². The lowest BCUT2D eigenvalue weighted by atomic mass is 9.79. The Bertz CT molecular complexity index is 3680. The van der Waals surface area contributed by atoms with Gasteiger partial charge < -0.3 is 9.80 Å². The van der Waals surface area contributed by atoms with Crippen LogP contribution in [0.25, 0.3) is 54.9 Å². The molecule has 13 rings (SSSR count). The topological polar surface area (TPSA) is 6.48 Å². The highest BCUT2D eigenvalue weighted by atomic mass is 28.3. The average molecular weight is 905 g/mol.